The zero-order valence-corrected chi connectivity index (χ0v) is 21.3. The molecule has 7 heteroatoms. The molecule has 1 aliphatic carbocycles. The van der Waals surface area contributed by atoms with Gasteiger partial charge in [-0.1, -0.05) is 41.3 Å². The van der Waals surface area contributed by atoms with Crippen LogP contribution in [0.4, 0.5) is 0 Å². The van der Waals surface area contributed by atoms with Gasteiger partial charge in [0.15, 0.2) is 11.5 Å². The van der Waals surface area contributed by atoms with Crippen LogP contribution in [0.25, 0.3) is 10.9 Å². The van der Waals surface area contributed by atoms with Crippen molar-refractivity contribution in [2.24, 2.45) is 5.10 Å². The third-order valence-electron chi connectivity index (χ3n) is 6.15. The summed E-state index contributed by atoms with van der Waals surface area (Å²) < 4.78 is 13.7. The predicted molar refractivity (Wildman–Crippen MR) is 141 cm³/mol. The molecule has 0 bridgehead atoms. The molecule has 4 rings (SSSR count). The van der Waals surface area contributed by atoms with E-state index >= 15 is 0 Å². The molecule has 0 saturated heterocycles. The smallest absolute Gasteiger partial charge is 0.282 e. The Hall–Kier alpha value is -2.93. The quantitative estimate of drug-likeness (QED) is 0.259. The Bertz CT molecular complexity index is 1280. The number of allylic oxidation sites excluding steroid dienone is 1. The highest BCUT2D eigenvalue weighted by Gasteiger charge is 2.22. The average molecular weight is 524 g/mol. The number of halogens is 1. The van der Waals surface area contributed by atoms with Gasteiger partial charge >= 0.3 is 0 Å². The molecule has 2 aromatic carbocycles. The van der Waals surface area contributed by atoms with E-state index in [2.05, 4.69) is 27.6 Å². The third-order valence-corrected chi connectivity index (χ3v) is 6.64. The fourth-order valence-corrected chi connectivity index (χ4v) is 4.95. The first kappa shape index (κ1) is 24.2. The molecule has 34 heavy (non-hydrogen) atoms. The molecule has 0 aliphatic heterocycles. The summed E-state index contributed by atoms with van der Waals surface area (Å²) in [5, 5.41) is 5.21. The summed E-state index contributed by atoms with van der Waals surface area (Å²) in [5.41, 5.74) is 2.31. The zero-order valence-electron chi connectivity index (χ0n) is 19.7. The minimum Gasteiger partial charge on any atom is -0.493 e. The lowest BCUT2D eigenvalue weighted by molar-refractivity contribution is 0.309. The standard InChI is InChI=1S/C27H30BrN3O3/c1-4-9-20-14-18(15-24(34-5-2)25(20)33-3)17-29-31-26(19-10-7-6-8-11-19)30-23-13-12-21(28)16-22(23)27(31)32/h4,12-17,19H,1,5-11H2,2-3H3. The lowest BCUT2D eigenvalue weighted by Gasteiger charge is -2.22. The topological polar surface area (TPSA) is 65.7 Å². The molecule has 0 radical (unpaired) electrons. The summed E-state index contributed by atoms with van der Waals surface area (Å²) in [7, 11) is 1.63. The maximum absolute atomic E-state index is 13.5. The number of benzene rings is 2. The van der Waals surface area contributed by atoms with E-state index in [1.165, 1.54) is 11.1 Å². The molecule has 0 atom stereocenters. The summed E-state index contributed by atoms with van der Waals surface area (Å²) in [6.07, 6.45) is 9.70. The molecule has 1 fully saturated rings. The Morgan fingerprint density at radius 3 is 2.74 bits per heavy atom. The molecule has 0 spiro atoms. The highest BCUT2D eigenvalue weighted by atomic mass is 79.9. The first-order valence-electron chi connectivity index (χ1n) is 11.8. The summed E-state index contributed by atoms with van der Waals surface area (Å²) in [6, 6.07) is 9.49. The highest BCUT2D eigenvalue weighted by Crippen LogP contribution is 2.34. The van der Waals surface area contributed by atoms with Crippen LogP contribution in [-0.2, 0) is 6.42 Å². The van der Waals surface area contributed by atoms with E-state index < -0.39 is 0 Å². The second kappa shape index (κ2) is 11.0. The molecule has 178 valence electrons. The van der Waals surface area contributed by atoms with Crippen molar-refractivity contribution in [1.82, 2.24) is 9.66 Å². The van der Waals surface area contributed by atoms with Crippen LogP contribution in [0.2, 0.25) is 0 Å². The number of methoxy groups -OCH3 is 1. The van der Waals surface area contributed by atoms with Gasteiger partial charge in [0.1, 0.15) is 5.82 Å². The third kappa shape index (κ3) is 5.09. The molecule has 1 saturated carbocycles. The van der Waals surface area contributed by atoms with Crippen molar-refractivity contribution in [3.8, 4) is 11.5 Å². The predicted octanol–water partition coefficient (Wildman–Crippen LogP) is 6.22. The van der Waals surface area contributed by atoms with Crippen LogP contribution in [0.15, 0.2) is 57.4 Å². The summed E-state index contributed by atoms with van der Waals surface area (Å²) in [4.78, 5) is 18.4. The monoisotopic (exact) mass is 523 g/mol. The Morgan fingerprint density at radius 2 is 2.03 bits per heavy atom. The Kier molecular flexibility index (Phi) is 7.83. The lowest BCUT2D eigenvalue weighted by Crippen LogP contribution is -2.25. The van der Waals surface area contributed by atoms with Crippen LogP contribution in [-0.4, -0.2) is 29.6 Å². The van der Waals surface area contributed by atoms with Crippen LogP contribution >= 0.6 is 15.9 Å². The SMILES string of the molecule is C=CCc1cc(C=Nn2c(C3CCCCC3)nc3ccc(Br)cc3c2=O)cc(OCC)c1OC. The van der Waals surface area contributed by atoms with Gasteiger partial charge < -0.3 is 9.47 Å². The van der Waals surface area contributed by atoms with Crippen molar-refractivity contribution in [3.05, 3.63) is 74.8 Å². The molecule has 0 N–H and O–H groups in total. The number of hydrogen-bond donors (Lipinski definition) is 0. The van der Waals surface area contributed by atoms with Crippen LogP contribution < -0.4 is 15.0 Å². The van der Waals surface area contributed by atoms with E-state index in [1.54, 1.807) is 13.3 Å². The maximum Gasteiger partial charge on any atom is 0.282 e. The molecule has 3 aromatic rings. The van der Waals surface area contributed by atoms with Crippen LogP contribution in [0.5, 0.6) is 11.5 Å². The summed E-state index contributed by atoms with van der Waals surface area (Å²) in [5.74, 6) is 2.29. The van der Waals surface area contributed by atoms with Gasteiger partial charge in [0.2, 0.25) is 0 Å². The number of ether oxygens (including phenoxy) is 2. The van der Waals surface area contributed by atoms with E-state index in [0.717, 1.165) is 47.1 Å². The molecule has 1 aromatic heterocycles. The minimum absolute atomic E-state index is 0.159. The van der Waals surface area contributed by atoms with Gasteiger partial charge in [0, 0.05) is 16.0 Å². The van der Waals surface area contributed by atoms with Gasteiger partial charge in [0.05, 0.1) is 30.8 Å². The van der Waals surface area contributed by atoms with E-state index in [4.69, 9.17) is 14.5 Å². The Morgan fingerprint density at radius 1 is 1.24 bits per heavy atom. The van der Waals surface area contributed by atoms with E-state index in [1.807, 2.05) is 43.3 Å². The summed E-state index contributed by atoms with van der Waals surface area (Å²) >= 11 is 3.47. The van der Waals surface area contributed by atoms with Crippen molar-refractivity contribution < 1.29 is 9.47 Å². The second-order valence-corrected chi connectivity index (χ2v) is 9.38. The molecule has 1 heterocycles. The van der Waals surface area contributed by atoms with Crippen LogP contribution in [0.3, 0.4) is 0 Å². The fraction of sp³-hybridized carbons (Fsp3) is 0.370. The molecular weight excluding hydrogens is 494 g/mol. The molecule has 1 aliphatic rings. The van der Waals surface area contributed by atoms with Crippen LogP contribution in [0.1, 0.15) is 61.9 Å². The van der Waals surface area contributed by atoms with Gasteiger partial charge in [-0.25, -0.2) is 4.98 Å². The highest BCUT2D eigenvalue weighted by molar-refractivity contribution is 9.10. The number of aromatic nitrogens is 2. The van der Waals surface area contributed by atoms with Crippen molar-refractivity contribution in [2.75, 3.05) is 13.7 Å². The fourth-order valence-electron chi connectivity index (χ4n) is 4.59. The van der Waals surface area contributed by atoms with Crippen molar-refractivity contribution in [1.29, 1.82) is 0 Å². The Balaban J connectivity index is 1.84. The van der Waals surface area contributed by atoms with Gasteiger partial charge in [-0.15, -0.1) is 6.58 Å². The number of fused-ring (bicyclic) bond motifs is 1. The largest absolute Gasteiger partial charge is 0.493 e. The average Bonchev–Trinajstić information content (AvgIpc) is 2.84. The zero-order chi connectivity index (χ0) is 24.1. The normalized spacial score (nSPS) is 14.6. The number of hydrogen-bond acceptors (Lipinski definition) is 5. The van der Waals surface area contributed by atoms with Gasteiger partial charge in [0.25, 0.3) is 5.56 Å². The first-order valence-corrected chi connectivity index (χ1v) is 12.6. The van der Waals surface area contributed by atoms with Crippen molar-refractivity contribution in [2.45, 2.75) is 51.4 Å². The maximum atomic E-state index is 13.5. The molecule has 0 amide bonds. The Labute approximate surface area is 208 Å². The van der Waals surface area contributed by atoms with Crippen LogP contribution in [0, 0.1) is 0 Å². The van der Waals surface area contributed by atoms with Gasteiger partial charge in [-0.3, -0.25) is 4.79 Å². The molecule has 6 nitrogen and oxygen atoms in total. The summed E-state index contributed by atoms with van der Waals surface area (Å²) in [6.45, 7) is 6.30. The minimum atomic E-state index is -0.159. The van der Waals surface area contributed by atoms with Gasteiger partial charge in [-0.2, -0.15) is 9.78 Å². The van der Waals surface area contributed by atoms with E-state index in [9.17, 15) is 4.79 Å². The number of rotatable bonds is 8. The van der Waals surface area contributed by atoms with Gasteiger partial charge in [-0.05, 0) is 62.1 Å². The molecular formula is C27H30BrN3O3. The molecule has 0 unspecified atom stereocenters. The first-order chi connectivity index (χ1) is 16.5. The lowest BCUT2D eigenvalue weighted by atomic mass is 9.88. The van der Waals surface area contributed by atoms with Crippen molar-refractivity contribution >= 4 is 33.0 Å². The second-order valence-electron chi connectivity index (χ2n) is 8.47. The number of nitrogens with zero attached hydrogens (tertiary/aromatic N) is 3. The van der Waals surface area contributed by atoms with E-state index in [0.29, 0.717) is 35.4 Å². The van der Waals surface area contributed by atoms with Crippen molar-refractivity contribution in [3.63, 3.8) is 0 Å². The van der Waals surface area contributed by atoms with E-state index in [-0.39, 0.29) is 11.5 Å².